The third-order valence-corrected chi connectivity index (χ3v) is 5.62. The monoisotopic (exact) mass is 332 g/mol. The van der Waals surface area contributed by atoms with E-state index in [1.165, 1.54) is 5.56 Å². The molecule has 1 spiro atoms. The molecule has 3 rings (SSSR count). The summed E-state index contributed by atoms with van der Waals surface area (Å²) >= 11 is 0. The van der Waals surface area contributed by atoms with Gasteiger partial charge in [0.2, 0.25) is 0 Å². The molecule has 1 aromatic carbocycles. The number of rotatable bonds is 7. The van der Waals surface area contributed by atoms with Gasteiger partial charge in [-0.05, 0) is 31.2 Å². The van der Waals surface area contributed by atoms with Crippen LogP contribution in [-0.4, -0.2) is 31.4 Å². The Kier molecular flexibility index (Phi) is 5.69. The molecule has 2 aliphatic rings. The summed E-state index contributed by atoms with van der Waals surface area (Å²) in [5.74, 6) is -0.546. The van der Waals surface area contributed by atoms with Crippen LogP contribution in [0.25, 0.3) is 0 Å². The van der Waals surface area contributed by atoms with Crippen LogP contribution in [0, 0.1) is 5.41 Å². The first-order valence-corrected chi connectivity index (χ1v) is 9.07. The lowest BCUT2D eigenvalue weighted by Gasteiger charge is -2.52. The van der Waals surface area contributed by atoms with Crippen LogP contribution in [0.1, 0.15) is 51.0 Å². The van der Waals surface area contributed by atoms with Crippen molar-refractivity contribution in [3.63, 3.8) is 0 Å². The topological polar surface area (TPSA) is 44.8 Å². The Morgan fingerprint density at radius 3 is 2.71 bits per heavy atom. The second kappa shape index (κ2) is 7.77. The minimum atomic E-state index is -0.546. The van der Waals surface area contributed by atoms with Crippen LogP contribution in [0.4, 0.5) is 0 Å². The first-order chi connectivity index (χ1) is 11.7. The second-order valence-corrected chi connectivity index (χ2v) is 7.10. The molecule has 0 amide bonds. The largest absolute Gasteiger partial charge is 0.373 e. The Hall–Kier alpha value is -1.23. The van der Waals surface area contributed by atoms with E-state index in [1.807, 2.05) is 18.2 Å². The third-order valence-electron chi connectivity index (χ3n) is 5.62. The van der Waals surface area contributed by atoms with Gasteiger partial charge in [-0.25, -0.2) is 0 Å². The summed E-state index contributed by atoms with van der Waals surface area (Å²) in [7, 11) is 0. The highest BCUT2D eigenvalue weighted by atomic mass is 16.7. The number of benzene rings is 1. The van der Waals surface area contributed by atoms with Gasteiger partial charge in [0.25, 0.3) is 0 Å². The molecule has 1 aliphatic carbocycles. The number of hydrogen-bond acceptors (Lipinski definition) is 4. The molecular formula is C20H28O4. The molecule has 1 saturated carbocycles. The highest BCUT2D eigenvalue weighted by molar-refractivity contribution is 5.49. The number of unbranched alkanes of at least 4 members (excludes halogenated alkanes) is 1. The van der Waals surface area contributed by atoms with Crippen molar-refractivity contribution in [3.05, 3.63) is 35.9 Å². The second-order valence-electron chi connectivity index (χ2n) is 7.10. The van der Waals surface area contributed by atoms with Gasteiger partial charge in [0, 0.05) is 18.3 Å². The van der Waals surface area contributed by atoms with E-state index in [4.69, 9.17) is 14.2 Å². The molecule has 0 radical (unpaired) electrons. The van der Waals surface area contributed by atoms with Crippen molar-refractivity contribution in [3.8, 4) is 0 Å². The molecule has 4 nitrogen and oxygen atoms in total. The summed E-state index contributed by atoms with van der Waals surface area (Å²) in [6, 6.07) is 10.3. The smallest absolute Gasteiger partial charge is 0.176 e. The van der Waals surface area contributed by atoms with E-state index in [1.54, 1.807) is 0 Å². The van der Waals surface area contributed by atoms with Gasteiger partial charge in [-0.15, -0.1) is 0 Å². The number of ether oxygens (including phenoxy) is 3. The predicted molar refractivity (Wildman–Crippen MR) is 91.5 cm³/mol. The van der Waals surface area contributed by atoms with Gasteiger partial charge in [-0.1, -0.05) is 37.3 Å². The first-order valence-electron chi connectivity index (χ1n) is 9.07. The summed E-state index contributed by atoms with van der Waals surface area (Å²) < 4.78 is 18.6. The number of hydrogen-bond donors (Lipinski definition) is 0. The molecule has 4 heteroatoms. The molecule has 0 N–H and O–H groups in total. The van der Waals surface area contributed by atoms with E-state index in [9.17, 15) is 4.79 Å². The maximum Gasteiger partial charge on any atom is 0.176 e. The number of aldehydes is 1. The molecule has 1 heterocycles. The minimum absolute atomic E-state index is 0.0798. The lowest BCUT2D eigenvalue weighted by atomic mass is 9.65. The van der Waals surface area contributed by atoms with E-state index >= 15 is 0 Å². The Morgan fingerprint density at radius 2 is 2.00 bits per heavy atom. The molecule has 1 aliphatic heterocycles. The van der Waals surface area contributed by atoms with E-state index in [0.717, 1.165) is 38.4 Å². The lowest BCUT2D eigenvalue weighted by Crippen LogP contribution is -2.57. The number of carbonyl (C=O) groups excluding carboxylic acids is 1. The Bertz CT molecular complexity index is 524. The Labute approximate surface area is 144 Å². The summed E-state index contributed by atoms with van der Waals surface area (Å²) in [6.07, 6.45) is 6.35. The van der Waals surface area contributed by atoms with E-state index in [2.05, 4.69) is 19.1 Å². The van der Waals surface area contributed by atoms with Gasteiger partial charge in [0.1, 0.15) is 6.29 Å². The highest BCUT2D eigenvalue weighted by Crippen LogP contribution is 2.53. The minimum Gasteiger partial charge on any atom is -0.373 e. The van der Waals surface area contributed by atoms with Crippen LogP contribution < -0.4 is 0 Å². The molecule has 1 saturated heterocycles. The SMILES string of the molecule is CC1(CCCC=O)C(OCc2ccccc2)CCCC12OCCO2. The molecule has 2 atom stereocenters. The first kappa shape index (κ1) is 17.6. The van der Waals surface area contributed by atoms with Crippen LogP contribution in [0.2, 0.25) is 0 Å². The average molecular weight is 332 g/mol. The summed E-state index contributed by atoms with van der Waals surface area (Å²) in [6.45, 7) is 4.12. The highest BCUT2D eigenvalue weighted by Gasteiger charge is 2.58. The molecule has 0 aromatic heterocycles. The van der Waals surface area contributed by atoms with E-state index in [-0.39, 0.29) is 11.5 Å². The predicted octanol–water partition coefficient (Wildman–Crippen LogP) is 3.87. The van der Waals surface area contributed by atoms with Crippen molar-refractivity contribution >= 4 is 6.29 Å². The van der Waals surface area contributed by atoms with Crippen LogP contribution in [0.15, 0.2) is 30.3 Å². The normalized spacial score (nSPS) is 29.0. The van der Waals surface area contributed by atoms with Gasteiger partial charge < -0.3 is 19.0 Å². The summed E-state index contributed by atoms with van der Waals surface area (Å²) in [4.78, 5) is 10.8. The van der Waals surface area contributed by atoms with Gasteiger partial charge in [0.05, 0.1) is 25.9 Å². The Morgan fingerprint density at radius 1 is 1.25 bits per heavy atom. The third kappa shape index (κ3) is 3.41. The van der Waals surface area contributed by atoms with Crippen molar-refractivity contribution in [2.45, 2.75) is 63.9 Å². The average Bonchev–Trinajstić information content (AvgIpc) is 3.08. The molecule has 132 valence electrons. The molecule has 2 unspecified atom stereocenters. The molecule has 24 heavy (non-hydrogen) atoms. The van der Waals surface area contributed by atoms with Crippen LogP contribution >= 0.6 is 0 Å². The van der Waals surface area contributed by atoms with Gasteiger partial charge in [-0.2, -0.15) is 0 Å². The fraction of sp³-hybridized carbons (Fsp3) is 0.650. The quantitative estimate of drug-likeness (QED) is 0.561. The molecule has 1 aromatic rings. The van der Waals surface area contributed by atoms with Crippen molar-refractivity contribution in [1.82, 2.24) is 0 Å². The maximum absolute atomic E-state index is 10.8. The summed E-state index contributed by atoms with van der Waals surface area (Å²) in [5.41, 5.74) is 0.958. The van der Waals surface area contributed by atoms with Gasteiger partial charge in [0.15, 0.2) is 5.79 Å². The molecule has 2 fully saturated rings. The zero-order valence-electron chi connectivity index (χ0n) is 14.5. The lowest BCUT2D eigenvalue weighted by molar-refractivity contribution is -0.289. The van der Waals surface area contributed by atoms with Gasteiger partial charge >= 0.3 is 0 Å². The molecule has 0 bridgehead atoms. The van der Waals surface area contributed by atoms with Crippen molar-refractivity contribution in [1.29, 1.82) is 0 Å². The van der Waals surface area contributed by atoms with Crippen molar-refractivity contribution in [2.75, 3.05) is 13.2 Å². The number of carbonyl (C=O) groups is 1. The Balaban J connectivity index is 1.75. The summed E-state index contributed by atoms with van der Waals surface area (Å²) in [5, 5.41) is 0. The fourth-order valence-corrected chi connectivity index (χ4v) is 4.24. The maximum atomic E-state index is 10.8. The van der Waals surface area contributed by atoms with Gasteiger partial charge in [-0.3, -0.25) is 0 Å². The van der Waals surface area contributed by atoms with Crippen LogP contribution in [0.5, 0.6) is 0 Å². The van der Waals surface area contributed by atoms with E-state index < -0.39 is 5.79 Å². The van der Waals surface area contributed by atoms with E-state index in [0.29, 0.717) is 26.2 Å². The van der Waals surface area contributed by atoms with Crippen LogP contribution in [0.3, 0.4) is 0 Å². The fourth-order valence-electron chi connectivity index (χ4n) is 4.24. The van der Waals surface area contributed by atoms with Crippen molar-refractivity contribution < 1.29 is 19.0 Å². The zero-order valence-corrected chi connectivity index (χ0v) is 14.5. The van der Waals surface area contributed by atoms with Crippen LogP contribution in [-0.2, 0) is 25.6 Å². The molecular weight excluding hydrogens is 304 g/mol. The zero-order chi connectivity index (χ0) is 16.9. The van der Waals surface area contributed by atoms with Crippen molar-refractivity contribution in [2.24, 2.45) is 5.41 Å². The standard InChI is InChI=1S/C20H28O4/c1-19(11-5-6-13-21)18(22-16-17-8-3-2-4-9-17)10-7-12-20(19)23-14-15-24-20/h2-4,8-9,13,18H,5-7,10-12,14-16H2,1H3.